The Kier molecular flexibility index (Phi) is 4.93. The Morgan fingerprint density at radius 3 is 2.67 bits per heavy atom. The maximum absolute atomic E-state index is 10.2. The molecule has 1 aromatic rings. The highest BCUT2D eigenvalue weighted by Crippen LogP contribution is 2.66. The van der Waals surface area contributed by atoms with E-state index in [1.807, 2.05) is 12.1 Å². The van der Waals surface area contributed by atoms with Gasteiger partial charge in [0.05, 0.1) is 6.10 Å². The minimum Gasteiger partial charge on any atom is -0.508 e. The van der Waals surface area contributed by atoms with Crippen molar-refractivity contribution in [3.05, 3.63) is 53.1 Å². The second kappa shape index (κ2) is 7.26. The van der Waals surface area contributed by atoms with Gasteiger partial charge in [-0.25, -0.2) is 0 Å². The molecule has 0 heterocycles. The summed E-state index contributed by atoms with van der Waals surface area (Å²) in [7, 11) is 0. The zero-order valence-electron chi connectivity index (χ0n) is 18.9. The van der Waals surface area contributed by atoms with Gasteiger partial charge in [0.15, 0.2) is 0 Å². The molecule has 2 heteroatoms. The van der Waals surface area contributed by atoms with E-state index in [1.165, 1.54) is 36.8 Å². The first-order valence-corrected chi connectivity index (χ1v) is 12.2. The molecule has 0 unspecified atom stereocenters. The zero-order chi connectivity index (χ0) is 21.1. The average Bonchev–Trinajstić information content (AvgIpc) is 3.06. The maximum atomic E-state index is 10.2. The van der Waals surface area contributed by atoms with Gasteiger partial charge in [-0.05, 0) is 104 Å². The van der Waals surface area contributed by atoms with Crippen LogP contribution in [-0.4, -0.2) is 16.3 Å². The maximum Gasteiger partial charge on any atom is 0.115 e. The number of aliphatic hydroxyl groups is 1. The molecule has 0 amide bonds. The van der Waals surface area contributed by atoms with E-state index >= 15 is 0 Å². The number of hydrogen-bond donors (Lipinski definition) is 2. The molecule has 0 radical (unpaired) electrons. The first kappa shape index (κ1) is 20.4. The van der Waals surface area contributed by atoms with E-state index in [4.69, 9.17) is 0 Å². The zero-order valence-corrected chi connectivity index (χ0v) is 18.9. The summed E-state index contributed by atoms with van der Waals surface area (Å²) in [5, 5.41) is 20.1. The van der Waals surface area contributed by atoms with Crippen molar-refractivity contribution in [2.24, 2.45) is 34.5 Å². The molecular formula is C28H38O2. The van der Waals surface area contributed by atoms with E-state index in [2.05, 4.69) is 39.0 Å². The Morgan fingerprint density at radius 1 is 1.03 bits per heavy atom. The highest BCUT2D eigenvalue weighted by molar-refractivity contribution is 5.39. The lowest BCUT2D eigenvalue weighted by molar-refractivity contribution is 0.0337. The quantitative estimate of drug-likeness (QED) is 0.607. The standard InChI is InChI=1S/C28H38O2/c1-18(15-19-5-4-6-21(29)16-19)24-9-10-25-23-8-7-20-17-22(30)11-13-27(20,2)26(23)12-14-28(24,25)3/h4-8,16,18,22,24-26,29-30H,9-15,17H2,1-3H3/t18-,22+,24-,25+,26+,27+,28-/m1/s1. The van der Waals surface area contributed by atoms with Crippen LogP contribution in [0.1, 0.15) is 71.3 Å². The van der Waals surface area contributed by atoms with E-state index in [1.54, 1.807) is 11.6 Å². The fraction of sp³-hybridized carbons (Fsp3) is 0.643. The molecule has 5 rings (SSSR count). The highest BCUT2D eigenvalue weighted by Gasteiger charge is 2.56. The lowest BCUT2D eigenvalue weighted by Crippen LogP contribution is -2.46. The number of hydrogen-bond acceptors (Lipinski definition) is 2. The van der Waals surface area contributed by atoms with Crippen molar-refractivity contribution in [2.45, 2.75) is 78.2 Å². The normalized spacial score (nSPS) is 41.2. The topological polar surface area (TPSA) is 40.5 Å². The number of fused-ring (bicyclic) bond motifs is 5. The summed E-state index contributed by atoms with van der Waals surface area (Å²) < 4.78 is 0. The Bertz CT molecular complexity index is 882. The molecule has 162 valence electrons. The number of aliphatic hydroxyl groups excluding tert-OH is 1. The molecule has 3 fully saturated rings. The summed E-state index contributed by atoms with van der Waals surface area (Å²) in [6.07, 6.45) is 14.1. The van der Waals surface area contributed by atoms with Crippen LogP contribution < -0.4 is 0 Å². The van der Waals surface area contributed by atoms with Gasteiger partial charge in [0.1, 0.15) is 5.75 Å². The van der Waals surface area contributed by atoms with Gasteiger partial charge >= 0.3 is 0 Å². The van der Waals surface area contributed by atoms with Crippen LogP contribution in [0, 0.1) is 34.5 Å². The van der Waals surface area contributed by atoms with Crippen molar-refractivity contribution in [1.82, 2.24) is 0 Å². The second-order valence-corrected chi connectivity index (χ2v) is 11.4. The van der Waals surface area contributed by atoms with E-state index in [0.717, 1.165) is 31.6 Å². The van der Waals surface area contributed by atoms with Crippen molar-refractivity contribution in [2.75, 3.05) is 0 Å². The minimum absolute atomic E-state index is 0.137. The minimum atomic E-state index is -0.137. The smallest absolute Gasteiger partial charge is 0.115 e. The van der Waals surface area contributed by atoms with Crippen molar-refractivity contribution in [1.29, 1.82) is 0 Å². The van der Waals surface area contributed by atoms with Crippen LogP contribution in [0.4, 0.5) is 0 Å². The Balaban J connectivity index is 1.40. The molecule has 3 saturated carbocycles. The first-order chi connectivity index (χ1) is 14.3. The SMILES string of the molecule is C[C@H](Cc1cccc(O)c1)[C@H]1CC[C@H]2C3=CC=C4C[C@@H](O)CC[C@]4(C)[C@H]3CC[C@]12C. The van der Waals surface area contributed by atoms with E-state index in [-0.39, 0.29) is 11.5 Å². The molecule has 0 aromatic heterocycles. The van der Waals surface area contributed by atoms with Crippen LogP contribution in [-0.2, 0) is 6.42 Å². The van der Waals surface area contributed by atoms with Crippen LogP contribution in [0.3, 0.4) is 0 Å². The van der Waals surface area contributed by atoms with Gasteiger partial charge < -0.3 is 10.2 Å². The molecule has 0 spiro atoms. The predicted octanol–water partition coefficient (Wildman–Crippen LogP) is 6.43. The Hall–Kier alpha value is -1.54. The summed E-state index contributed by atoms with van der Waals surface area (Å²) in [6.45, 7) is 7.51. The van der Waals surface area contributed by atoms with Crippen molar-refractivity contribution in [3.63, 3.8) is 0 Å². The molecule has 4 aliphatic rings. The largest absolute Gasteiger partial charge is 0.508 e. The fourth-order valence-corrected chi connectivity index (χ4v) is 8.16. The number of allylic oxidation sites excluding steroid dienone is 3. The van der Waals surface area contributed by atoms with Crippen molar-refractivity contribution < 1.29 is 10.2 Å². The lowest BCUT2D eigenvalue weighted by atomic mass is 9.50. The third-order valence-corrected chi connectivity index (χ3v) is 9.77. The molecular weight excluding hydrogens is 368 g/mol. The molecule has 0 saturated heterocycles. The number of benzene rings is 1. The summed E-state index contributed by atoms with van der Waals surface area (Å²) in [5.41, 5.74) is 5.18. The molecule has 4 aliphatic carbocycles. The molecule has 1 aromatic carbocycles. The Labute approximate surface area is 182 Å². The fourth-order valence-electron chi connectivity index (χ4n) is 8.16. The monoisotopic (exact) mass is 406 g/mol. The molecule has 7 atom stereocenters. The van der Waals surface area contributed by atoms with Crippen LogP contribution in [0.25, 0.3) is 0 Å². The van der Waals surface area contributed by atoms with Gasteiger partial charge in [-0.1, -0.05) is 56.2 Å². The number of phenols is 1. The first-order valence-electron chi connectivity index (χ1n) is 12.2. The predicted molar refractivity (Wildman–Crippen MR) is 122 cm³/mol. The number of phenolic OH excluding ortho intramolecular Hbond substituents is 1. The van der Waals surface area contributed by atoms with Crippen LogP contribution >= 0.6 is 0 Å². The molecule has 0 aliphatic heterocycles. The van der Waals surface area contributed by atoms with Gasteiger partial charge in [-0.2, -0.15) is 0 Å². The summed E-state index contributed by atoms with van der Waals surface area (Å²) in [5.74, 6) is 3.17. The third kappa shape index (κ3) is 3.09. The van der Waals surface area contributed by atoms with Crippen molar-refractivity contribution in [3.8, 4) is 5.75 Å². The number of aromatic hydroxyl groups is 1. The van der Waals surface area contributed by atoms with Gasteiger partial charge in [-0.3, -0.25) is 0 Å². The third-order valence-electron chi connectivity index (χ3n) is 9.77. The molecule has 2 nitrogen and oxygen atoms in total. The summed E-state index contributed by atoms with van der Waals surface area (Å²) >= 11 is 0. The van der Waals surface area contributed by atoms with Gasteiger partial charge in [-0.15, -0.1) is 0 Å². The van der Waals surface area contributed by atoms with Gasteiger partial charge in [0, 0.05) is 0 Å². The molecule has 2 N–H and O–H groups in total. The molecule has 0 bridgehead atoms. The summed E-state index contributed by atoms with van der Waals surface area (Å²) in [6, 6.07) is 7.84. The van der Waals surface area contributed by atoms with Crippen LogP contribution in [0.15, 0.2) is 47.6 Å². The van der Waals surface area contributed by atoms with Crippen LogP contribution in [0.5, 0.6) is 5.75 Å². The van der Waals surface area contributed by atoms with E-state index in [0.29, 0.717) is 28.9 Å². The summed E-state index contributed by atoms with van der Waals surface area (Å²) in [4.78, 5) is 0. The van der Waals surface area contributed by atoms with Gasteiger partial charge in [0.25, 0.3) is 0 Å². The van der Waals surface area contributed by atoms with Crippen molar-refractivity contribution >= 4 is 0 Å². The lowest BCUT2D eigenvalue weighted by Gasteiger charge is -2.55. The van der Waals surface area contributed by atoms with Crippen LogP contribution in [0.2, 0.25) is 0 Å². The molecule has 30 heavy (non-hydrogen) atoms. The van der Waals surface area contributed by atoms with E-state index in [9.17, 15) is 10.2 Å². The Morgan fingerprint density at radius 2 is 1.87 bits per heavy atom. The average molecular weight is 407 g/mol. The van der Waals surface area contributed by atoms with Gasteiger partial charge in [0.2, 0.25) is 0 Å². The van der Waals surface area contributed by atoms with E-state index < -0.39 is 0 Å². The second-order valence-electron chi connectivity index (χ2n) is 11.4. The highest BCUT2D eigenvalue weighted by atomic mass is 16.3. The number of rotatable bonds is 3.